The van der Waals surface area contributed by atoms with Crippen LogP contribution in [0.5, 0.6) is 0 Å². The number of thioether (sulfide) groups is 1. The summed E-state index contributed by atoms with van der Waals surface area (Å²) in [6.07, 6.45) is -0.243. The Bertz CT molecular complexity index is 588. The summed E-state index contributed by atoms with van der Waals surface area (Å²) in [6.45, 7) is 2.04. The van der Waals surface area contributed by atoms with Gasteiger partial charge in [0.05, 0.1) is 6.10 Å². The molecule has 0 amide bonds. The number of halogens is 2. The molecule has 0 saturated heterocycles. The fourth-order valence-corrected chi connectivity index (χ4v) is 3.29. The van der Waals surface area contributed by atoms with E-state index in [2.05, 4.69) is 15.9 Å². The van der Waals surface area contributed by atoms with Gasteiger partial charge in [0.2, 0.25) is 0 Å². The number of aliphatic hydroxyl groups excluding tert-OH is 1. The van der Waals surface area contributed by atoms with Crippen LogP contribution in [0.4, 0.5) is 4.39 Å². The minimum atomic E-state index is -0.566. The molecule has 2 aromatic rings. The number of rotatable bonds is 5. The lowest BCUT2D eigenvalue weighted by atomic mass is 10.1. The van der Waals surface area contributed by atoms with Gasteiger partial charge in [-0.15, -0.1) is 11.8 Å². The molecular formula is C16H16BrFOS. The second-order valence-electron chi connectivity index (χ2n) is 4.67. The zero-order chi connectivity index (χ0) is 14.5. The average Bonchev–Trinajstić information content (AvgIpc) is 2.42. The zero-order valence-electron chi connectivity index (χ0n) is 11.1. The molecule has 20 heavy (non-hydrogen) atoms. The summed E-state index contributed by atoms with van der Waals surface area (Å²) in [4.78, 5) is 1.15. The molecule has 4 heteroatoms. The lowest BCUT2D eigenvalue weighted by molar-refractivity contribution is 0.198. The minimum absolute atomic E-state index is 0.270. The predicted octanol–water partition coefficient (Wildman–Crippen LogP) is 4.59. The second-order valence-corrected chi connectivity index (χ2v) is 6.65. The molecule has 0 bridgehead atoms. The Morgan fingerprint density at radius 1 is 1.25 bits per heavy atom. The second kappa shape index (κ2) is 7.25. The van der Waals surface area contributed by atoms with Crippen LogP contribution in [0.25, 0.3) is 0 Å². The van der Waals surface area contributed by atoms with Gasteiger partial charge in [0.25, 0.3) is 0 Å². The van der Waals surface area contributed by atoms with Gasteiger partial charge < -0.3 is 5.11 Å². The summed E-state index contributed by atoms with van der Waals surface area (Å²) in [7, 11) is 0. The van der Waals surface area contributed by atoms with Crippen LogP contribution < -0.4 is 0 Å². The number of hydrogen-bond donors (Lipinski definition) is 1. The van der Waals surface area contributed by atoms with Crippen molar-refractivity contribution in [1.82, 2.24) is 0 Å². The molecule has 0 aliphatic carbocycles. The summed E-state index contributed by atoms with van der Waals surface area (Å²) in [6, 6.07) is 12.8. The molecule has 0 fully saturated rings. The SMILES string of the molecule is Cc1ccccc1SCC(O)Cc1cc(Br)ccc1F. The monoisotopic (exact) mass is 354 g/mol. The fraction of sp³-hybridized carbons (Fsp3) is 0.250. The highest BCUT2D eigenvalue weighted by Crippen LogP contribution is 2.24. The molecule has 2 rings (SSSR count). The van der Waals surface area contributed by atoms with E-state index in [-0.39, 0.29) is 5.82 Å². The molecule has 0 heterocycles. The van der Waals surface area contributed by atoms with Crippen molar-refractivity contribution in [2.75, 3.05) is 5.75 Å². The van der Waals surface area contributed by atoms with Crippen LogP contribution in [0, 0.1) is 12.7 Å². The van der Waals surface area contributed by atoms with E-state index in [1.807, 2.05) is 31.2 Å². The molecule has 0 aliphatic heterocycles. The molecule has 106 valence electrons. The van der Waals surface area contributed by atoms with E-state index >= 15 is 0 Å². The highest BCUT2D eigenvalue weighted by molar-refractivity contribution is 9.10. The lowest BCUT2D eigenvalue weighted by Crippen LogP contribution is -2.14. The molecule has 0 radical (unpaired) electrons. The van der Waals surface area contributed by atoms with Gasteiger partial charge in [-0.05, 0) is 42.3 Å². The van der Waals surface area contributed by atoms with Crippen molar-refractivity contribution >= 4 is 27.7 Å². The van der Waals surface area contributed by atoms with Crippen molar-refractivity contribution in [2.45, 2.75) is 24.3 Å². The van der Waals surface area contributed by atoms with Crippen LogP contribution in [-0.2, 0) is 6.42 Å². The maximum absolute atomic E-state index is 13.6. The fourth-order valence-electron chi connectivity index (χ4n) is 1.92. The molecule has 1 atom stereocenters. The maximum atomic E-state index is 13.6. The van der Waals surface area contributed by atoms with E-state index < -0.39 is 6.10 Å². The predicted molar refractivity (Wildman–Crippen MR) is 85.7 cm³/mol. The Balaban J connectivity index is 1.94. The van der Waals surface area contributed by atoms with Crippen molar-refractivity contribution in [1.29, 1.82) is 0 Å². The molecule has 2 aromatic carbocycles. The standard InChI is InChI=1S/C16H16BrFOS/c1-11-4-2-3-5-16(11)20-10-14(19)9-12-8-13(17)6-7-15(12)18/h2-8,14,19H,9-10H2,1H3. The van der Waals surface area contributed by atoms with Crippen molar-refractivity contribution in [3.05, 3.63) is 63.9 Å². The molecule has 0 aliphatic rings. The first-order valence-corrected chi connectivity index (χ1v) is 8.14. The smallest absolute Gasteiger partial charge is 0.126 e. The van der Waals surface area contributed by atoms with Gasteiger partial charge in [0, 0.05) is 21.5 Å². The molecule has 1 unspecified atom stereocenters. The number of hydrogen-bond acceptors (Lipinski definition) is 2. The summed E-state index contributed by atoms with van der Waals surface area (Å²) >= 11 is 4.92. The van der Waals surface area contributed by atoms with E-state index in [0.717, 1.165) is 9.37 Å². The van der Waals surface area contributed by atoms with Crippen molar-refractivity contribution < 1.29 is 9.50 Å². The van der Waals surface area contributed by atoms with Gasteiger partial charge in [-0.25, -0.2) is 4.39 Å². The lowest BCUT2D eigenvalue weighted by Gasteiger charge is -2.12. The van der Waals surface area contributed by atoms with Crippen molar-refractivity contribution in [3.63, 3.8) is 0 Å². The Morgan fingerprint density at radius 2 is 2.00 bits per heavy atom. The third-order valence-electron chi connectivity index (χ3n) is 2.99. The largest absolute Gasteiger partial charge is 0.392 e. The first-order valence-electron chi connectivity index (χ1n) is 6.36. The third kappa shape index (κ3) is 4.33. The quantitative estimate of drug-likeness (QED) is 0.792. The summed E-state index contributed by atoms with van der Waals surface area (Å²) in [5.41, 5.74) is 1.73. The van der Waals surface area contributed by atoms with Gasteiger partial charge in [0.1, 0.15) is 5.82 Å². The highest BCUT2D eigenvalue weighted by Gasteiger charge is 2.11. The Kier molecular flexibility index (Phi) is 5.64. The van der Waals surface area contributed by atoms with Crippen LogP contribution in [0.2, 0.25) is 0 Å². The van der Waals surface area contributed by atoms with E-state index in [0.29, 0.717) is 17.7 Å². The number of aliphatic hydroxyl groups is 1. The van der Waals surface area contributed by atoms with Gasteiger partial charge in [-0.2, -0.15) is 0 Å². The Labute approximate surface area is 131 Å². The zero-order valence-corrected chi connectivity index (χ0v) is 13.5. The third-order valence-corrected chi connectivity index (χ3v) is 4.80. The van der Waals surface area contributed by atoms with Crippen LogP contribution in [-0.4, -0.2) is 17.0 Å². The van der Waals surface area contributed by atoms with Crippen LogP contribution in [0.3, 0.4) is 0 Å². The van der Waals surface area contributed by atoms with Gasteiger partial charge in [-0.3, -0.25) is 0 Å². The summed E-state index contributed by atoms with van der Waals surface area (Å²) < 4.78 is 14.4. The van der Waals surface area contributed by atoms with Crippen LogP contribution >= 0.6 is 27.7 Å². The molecule has 0 saturated carbocycles. The summed E-state index contributed by atoms with van der Waals surface area (Å²) in [5.74, 6) is 0.282. The van der Waals surface area contributed by atoms with Gasteiger partial charge in [0.15, 0.2) is 0 Å². The van der Waals surface area contributed by atoms with E-state index in [9.17, 15) is 9.50 Å². The van der Waals surface area contributed by atoms with Crippen molar-refractivity contribution in [2.24, 2.45) is 0 Å². The average molecular weight is 355 g/mol. The molecular weight excluding hydrogens is 339 g/mol. The van der Waals surface area contributed by atoms with E-state index in [4.69, 9.17) is 0 Å². The van der Waals surface area contributed by atoms with Gasteiger partial charge >= 0.3 is 0 Å². The first-order chi connectivity index (χ1) is 9.56. The minimum Gasteiger partial charge on any atom is -0.392 e. The Morgan fingerprint density at radius 3 is 2.75 bits per heavy atom. The topological polar surface area (TPSA) is 20.2 Å². The van der Waals surface area contributed by atoms with E-state index in [1.54, 1.807) is 23.9 Å². The molecule has 0 aromatic heterocycles. The maximum Gasteiger partial charge on any atom is 0.126 e. The molecule has 1 N–H and O–H groups in total. The normalized spacial score (nSPS) is 12.4. The number of benzene rings is 2. The number of aryl methyl sites for hydroxylation is 1. The van der Waals surface area contributed by atoms with Crippen molar-refractivity contribution in [3.8, 4) is 0 Å². The van der Waals surface area contributed by atoms with Crippen LogP contribution in [0.15, 0.2) is 51.8 Å². The molecule has 0 spiro atoms. The summed E-state index contributed by atoms with van der Waals surface area (Å²) in [5, 5.41) is 10.1. The highest BCUT2D eigenvalue weighted by atomic mass is 79.9. The Hall–Kier alpha value is -0.840. The first kappa shape index (κ1) is 15.5. The molecule has 1 nitrogen and oxygen atoms in total. The van der Waals surface area contributed by atoms with Crippen LogP contribution in [0.1, 0.15) is 11.1 Å². The van der Waals surface area contributed by atoms with E-state index in [1.165, 1.54) is 11.6 Å². The van der Waals surface area contributed by atoms with Gasteiger partial charge in [-0.1, -0.05) is 34.1 Å².